The van der Waals surface area contributed by atoms with E-state index in [9.17, 15) is 19.2 Å². The summed E-state index contributed by atoms with van der Waals surface area (Å²) < 4.78 is 5.18. The van der Waals surface area contributed by atoms with Gasteiger partial charge in [0, 0.05) is 12.8 Å². The van der Waals surface area contributed by atoms with Gasteiger partial charge in [0.05, 0.1) is 12.3 Å². The van der Waals surface area contributed by atoms with E-state index in [1.165, 1.54) is 0 Å². The molecule has 1 aromatic carbocycles. The highest BCUT2D eigenvalue weighted by atomic mass is 16.7. The van der Waals surface area contributed by atoms with Gasteiger partial charge in [-0.2, -0.15) is 0 Å². The number of esters is 1. The molecule has 1 heterocycles. The van der Waals surface area contributed by atoms with Gasteiger partial charge in [-0.25, -0.2) is 4.79 Å². The Hall–Kier alpha value is -2.70. The molecule has 0 saturated carbocycles. The molecule has 7 nitrogen and oxygen atoms in total. The molecule has 134 valence electrons. The lowest BCUT2D eigenvalue weighted by atomic mass is 9.93. The fourth-order valence-corrected chi connectivity index (χ4v) is 2.38. The highest BCUT2D eigenvalue weighted by Crippen LogP contribution is 2.21. The minimum Gasteiger partial charge on any atom is -0.461 e. The van der Waals surface area contributed by atoms with Crippen molar-refractivity contribution in [3.63, 3.8) is 0 Å². The average Bonchev–Trinajstić information content (AvgIpc) is 2.90. The van der Waals surface area contributed by atoms with Crippen LogP contribution in [0.25, 0.3) is 0 Å². The van der Waals surface area contributed by atoms with E-state index >= 15 is 0 Å². The molecule has 1 aliphatic rings. The minimum absolute atomic E-state index is 0.0254. The molecule has 0 N–H and O–H groups in total. The second kappa shape index (κ2) is 8.41. The van der Waals surface area contributed by atoms with E-state index in [-0.39, 0.29) is 31.8 Å². The van der Waals surface area contributed by atoms with Gasteiger partial charge in [-0.3, -0.25) is 14.4 Å². The first kappa shape index (κ1) is 18.6. The Kier molecular flexibility index (Phi) is 6.27. The quantitative estimate of drug-likeness (QED) is 0.553. The zero-order valence-electron chi connectivity index (χ0n) is 14.3. The first-order valence-electron chi connectivity index (χ1n) is 8.15. The Bertz CT molecular complexity index is 639. The lowest BCUT2D eigenvalue weighted by Crippen LogP contribution is -2.36. The molecule has 2 amide bonds. The van der Waals surface area contributed by atoms with Gasteiger partial charge in [-0.05, 0) is 11.5 Å². The largest absolute Gasteiger partial charge is 0.461 e. The number of nitrogens with zero attached hydrogens (tertiary/aromatic N) is 1. The normalized spacial score (nSPS) is 15.4. The third-order valence-electron chi connectivity index (χ3n) is 3.92. The van der Waals surface area contributed by atoms with Crippen molar-refractivity contribution in [3.05, 3.63) is 35.9 Å². The second-order valence-electron chi connectivity index (χ2n) is 6.19. The molecule has 1 atom stereocenters. The summed E-state index contributed by atoms with van der Waals surface area (Å²) in [6.07, 6.45) is -0.130. The fourth-order valence-electron chi connectivity index (χ4n) is 2.38. The zero-order chi connectivity index (χ0) is 18.4. The van der Waals surface area contributed by atoms with Crippen molar-refractivity contribution in [2.24, 2.45) is 11.8 Å². The first-order valence-corrected chi connectivity index (χ1v) is 8.15. The number of carbonyl (C=O) groups is 4. The summed E-state index contributed by atoms with van der Waals surface area (Å²) in [6, 6.07) is 9.18. The van der Waals surface area contributed by atoms with Gasteiger partial charge in [-0.1, -0.05) is 44.2 Å². The molecular weight excluding hydrogens is 326 g/mol. The number of imide groups is 1. The third-order valence-corrected chi connectivity index (χ3v) is 3.92. The lowest BCUT2D eigenvalue weighted by Gasteiger charge is -2.21. The van der Waals surface area contributed by atoms with Crippen LogP contribution in [-0.4, -0.2) is 28.8 Å². The molecule has 0 aliphatic carbocycles. The van der Waals surface area contributed by atoms with Gasteiger partial charge >= 0.3 is 11.9 Å². The molecule has 0 bridgehead atoms. The van der Waals surface area contributed by atoms with Crippen molar-refractivity contribution < 1.29 is 28.8 Å². The minimum atomic E-state index is -0.801. The van der Waals surface area contributed by atoms with E-state index in [0.717, 1.165) is 5.56 Å². The molecular formula is C18H21NO6. The van der Waals surface area contributed by atoms with Crippen molar-refractivity contribution in [3.8, 4) is 0 Å². The van der Waals surface area contributed by atoms with Crippen LogP contribution in [0.4, 0.5) is 0 Å². The molecule has 0 aromatic heterocycles. The van der Waals surface area contributed by atoms with Crippen LogP contribution in [0, 0.1) is 11.8 Å². The summed E-state index contributed by atoms with van der Waals surface area (Å²) >= 11 is 0. The van der Waals surface area contributed by atoms with Gasteiger partial charge in [0.1, 0.15) is 6.61 Å². The highest BCUT2D eigenvalue weighted by molar-refractivity contribution is 6.01. The average molecular weight is 347 g/mol. The van der Waals surface area contributed by atoms with Crippen LogP contribution in [0.2, 0.25) is 0 Å². The number of ether oxygens (including phenoxy) is 1. The summed E-state index contributed by atoms with van der Waals surface area (Å²) in [6.45, 7) is 3.62. The van der Waals surface area contributed by atoms with E-state index in [1.807, 2.05) is 30.3 Å². The number of rotatable bonds is 7. The second-order valence-corrected chi connectivity index (χ2v) is 6.19. The molecule has 1 aliphatic heterocycles. The van der Waals surface area contributed by atoms with Crippen molar-refractivity contribution in [1.82, 2.24) is 5.06 Å². The monoisotopic (exact) mass is 347 g/mol. The predicted molar refractivity (Wildman–Crippen MR) is 86.4 cm³/mol. The Balaban J connectivity index is 1.90. The number of carbonyl (C=O) groups excluding carboxylic acids is 4. The predicted octanol–water partition coefficient (Wildman–Crippen LogP) is 2.00. The van der Waals surface area contributed by atoms with Crippen LogP contribution in [0.5, 0.6) is 0 Å². The van der Waals surface area contributed by atoms with E-state index in [0.29, 0.717) is 5.06 Å². The fraction of sp³-hybridized carbons (Fsp3) is 0.444. The molecule has 0 unspecified atom stereocenters. The molecule has 1 fully saturated rings. The van der Waals surface area contributed by atoms with Crippen LogP contribution in [0.15, 0.2) is 30.3 Å². The van der Waals surface area contributed by atoms with Crippen molar-refractivity contribution >= 4 is 23.8 Å². The molecule has 1 aromatic rings. The molecule has 0 radical (unpaired) electrons. The maximum absolute atomic E-state index is 12.3. The summed E-state index contributed by atoms with van der Waals surface area (Å²) in [5.74, 6) is -3.44. The molecule has 1 saturated heterocycles. The number of benzene rings is 1. The SMILES string of the molecule is CC(C)[C@H](CC(=O)OCc1ccccc1)C(=O)ON1C(=O)CCC1=O. The Morgan fingerprint density at radius 2 is 1.68 bits per heavy atom. The number of hydrogen-bond donors (Lipinski definition) is 0. The zero-order valence-corrected chi connectivity index (χ0v) is 14.3. The van der Waals surface area contributed by atoms with E-state index in [4.69, 9.17) is 9.57 Å². The Morgan fingerprint density at radius 1 is 1.08 bits per heavy atom. The summed E-state index contributed by atoms with van der Waals surface area (Å²) in [4.78, 5) is 52.3. The smallest absolute Gasteiger partial charge is 0.337 e. The topological polar surface area (TPSA) is 90.0 Å². The lowest BCUT2D eigenvalue weighted by molar-refractivity contribution is -0.202. The molecule has 2 rings (SSSR count). The van der Waals surface area contributed by atoms with E-state index in [2.05, 4.69) is 0 Å². The van der Waals surface area contributed by atoms with E-state index in [1.54, 1.807) is 13.8 Å². The maximum Gasteiger partial charge on any atom is 0.337 e. The highest BCUT2D eigenvalue weighted by Gasteiger charge is 2.36. The molecule has 7 heteroatoms. The van der Waals surface area contributed by atoms with Crippen LogP contribution in [-0.2, 0) is 35.4 Å². The Labute approximate surface area is 145 Å². The van der Waals surface area contributed by atoms with E-state index < -0.39 is 29.7 Å². The summed E-state index contributed by atoms with van der Waals surface area (Å²) in [5, 5.41) is 0.493. The summed E-state index contributed by atoms with van der Waals surface area (Å²) in [7, 11) is 0. The number of amides is 2. The van der Waals surface area contributed by atoms with Gasteiger partial charge in [0.25, 0.3) is 11.8 Å². The van der Waals surface area contributed by atoms with Crippen LogP contribution in [0.3, 0.4) is 0 Å². The van der Waals surface area contributed by atoms with Crippen molar-refractivity contribution in [2.45, 2.75) is 39.7 Å². The van der Waals surface area contributed by atoms with Crippen LogP contribution >= 0.6 is 0 Å². The van der Waals surface area contributed by atoms with Gasteiger partial charge < -0.3 is 9.57 Å². The Morgan fingerprint density at radius 3 is 2.24 bits per heavy atom. The third kappa shape index (κ3) is 5.14. The van der Waals surface area contributed by atoms with Crippen LogP contribution < -0.4 is 0 Å². The van der Waals surface area contributed by atoms with Crippen LogP contribution in [0.1, 0.15) is 38.7 Å². The van der Waals surface area contributed by atoms with Crippen molar-refractivity contribution in [2.75, 3.05) is 0 Å². The standard InChI is InChI=1S/C18H21NO6/c1-12(2)14(18(23)25-19-15(20)8-9-16(19)21)10-17(22)24-11-13-6-4-3-5-7-13/h3-7,12,14H,8-11H2,1-2H3/t14-/m0/s1. The molecule has 0 spiro atoms. The maximum atomic E-state index is 12.3. The summed E-state index contributed by atoms with van der Waals surface area (Å²) in [5.41, 5.74) is 0.841. The van der Waals surface area contributed by atoms with Crippen molar-refractivity contribution in [1.29, 1.82) is 0 Å². The first-order chi connectivity index (χ1) is 11.9. The number of hydrogen-bond acceptors (Lipinski definition) is 6. The van der Waals surface area contributed by atoms with Gasteiger partial charge in [-0.15, -0.1) is 5.06 Å². The number of hydroxylamine groups is 2. The van der Waals surface area contributed by atoms with Gasteiger partial charge in [0.2, 0.25) is 0 Å². The van der Waals surface area contributed by atoms with Gasteiger partial charge in [0.15, 0.2) is 0 Å². The molecule has 25 heavy (non-hydrogen) atoms.